The molecule has 0 N–H and O–H groups in total. The van der Waals surface area contributed by atoms with Crippen molar-refractivity contribution >= 4 is 18.0 Å². The Hall–Kier alpha value is -3.40. The predicted octanol–water partition coefficient (Wildman–Crippen LogP) is 2.81. The quantitative estimate of drug-likeness (QED) is 0.592. The number of imidazole rings is 1. The maximum absolute atomic E-state index is 14.8. The molecule has 1 aromatic carbocycles. The fraction of sp³-hybridized carbons (Fsp3) is 0.333. The number of rotatable bonds is 4. The number of fused-ring (bicyclic) bond motifs is 1. The van der Waals surface area contributed by atoms with Crippen LogP contribution in [0.2, 0.25) is 0 Å². The molecule has 0 radical (unpaired) electrons. The van der Waals surface area contributed by atoms with Gasteiger partial charge in [-0.3, -0.25) is 9.20 Å². The highest BCUT2D eigenvalue weighted by Gasteiger charge is 2.29. The summed E-state index contributed by atoms with van der Waals surface area (Å²) in [5, 5.41) is 0. The summed E-state index contributed by atoms with van der Waals surface area (Å²) in [4.78, 5) is 33.1. The van der Waals surface area contributed by atoms with E-state index in [1.165, 1.54) is 18.3 Å². The summed E-state index contributed by atoms with van der Waals surface area (Å²) < 4.78 is 41.8. The van der Waals surface area contributed by atoms with Gasteiger partial charge >= 0.3 is 6.09 Å². The number of carbonyl (C=O) groups is 2. The molecule has 1 amide bonds. The van der Waals surface area contributed by atoms with Gasteiger partial charge < -0.3 is 14.4 Å². The van der Waals surface area contributed by atoms with Crippen LogP contribution in [0.1, 0.15) is 21.7 Å². The molecule has 10 heteroatoms. The van der Waals surface area contributed by atoms with Crippen LogP contribution in [-0.2, 0) is 15.9 Å². The van der Waals surface area contributed by atoms with Crippen LogP contribution in [0.4, 0.5) is 13.6 Å². The van der Waals surface area contributed by atoms with E-state index in [2.05, 4.69) is 9.97 Å². The largest absolute Gasteiger partial charge is 0.453 e. The first-order chi connectivity index (χ1) is 14.9. The fourth-order valence-electron chi connectivity index (χ4n) is 3.72. The number of halogens is 2. The fourth-order valence-corrected chi connectivity index (χ4v) is 3.72. The van der Waals surface area contributed by atoms with Gasteiger partial charge in [0.05, 0.1) is 43.3 Å². The van der Waals surface area contributed by atoms with Crippen LogP contribution in [0.5, 0.6) is 0 Å². The maximum atomic E-state index is 14.8. The Balaban J connectivity index is 1.80. The van der Waals surface area contributed by atoms with Crippen LogP contribution < -0.4 is 0 Å². The molecule has 0 bridgehead atoms. The summed E-state index contributed by atoms with van der Waals surface area (Å²) in [6, 6.07) is 3.64. The monoisotopic (exact) mass is 430 g/mol. The minimum absolute atomic E-state index is 0.0960. The molecule has 31 heavy (non-hydrogen) atoms. The van der Waals surface area contributed by atoms with Crippen molar-refractivity contribution in [2.45, 2.75) is 19.4 Å². The van der Waals surface area contributed by atoms with Crippen LogP contribution in [0.3, 0.4) is 0 Å². The van der Waals surface area contributed by atoms with Gasteiger partial charge in [-0.15, -0.1) is 0 Å². The van der Waals surface area contributed by atoms with E-state index < -0.39 is 23.8 Å². The molecule has 1 fully saturated rings. The van der Waals surface area contributed by atoms with E-state index in [4.69, 9.17) is 9.47 Å². The van der Waals surface area contributed by atoms with E-state index in [-0.39, 0.29) is 29.8 Å². The number of nitrogens with zero attached hydrogens (tertiary/aromatic N) is 4. The van der Waals surface area contributed by atoms with Gasteiger partial charge in [-0.25, -0.2) is 23.5 Å². The molecule has 0 spiro atoms. The molecule has 2 aromatic heterocycles. The van der Waals surface area contributed by atoms with Gasteiger partial charge in [0.15, 0.2) is 0 Å². The standard InChI is InChI=1S/C21H20F2N4O4/c1-12-5-18-25-20(19-15(22)6-13(10-28)7-16(19)23)17(27(18)11-24-12)8-14-9-26(3-4-31-14)21(29)30-2/h5-7,10-11,14H,3-4,8-9H2,1-2H3/t14-/m0/s1. The third-order valence-electron chi connectivity index (χ3n) is 5.18. The van der Waals surface area contributed by atoms with Crippen LogP contribution in [0, 0.1) is 18.6 Å². The number of morpholine rings is 1. The smallest absolute Gasteiger partial charge is 0.409 e. The minimum Gasteiger partial charge on any atom is -0.453 e. The lowest BCUT2D eigenvalue weighted by Crippen LogP contribution is -2.46. The lowest BCUT2D eigenvalue weighted by Gasteiger charge is -2.32. The second kappa shape index (κ2) is 8.38. The number of ether oxygens (including phenoxy) is 2. The summed E-state index contributed by atoms with van der Waals surface area (Å²) >= 11 is 0. The van der Waals surface area contributed by atoms with Gasteiger partial charge in [0, 0.05) is 30.3 Å². The molecule has 0 saturated carbocycles. The normalized spacial score (nSPS) is 16.5. The van der Waals surface area contributed by atoms with Crippen molar-refractivity contribution in [3.05, 3.63) is 53.1 Å². The molecule has 1 saturated heterocycles. The van der Waals surface area contributed by atoms with Crippen molar-refractivity contribution in [1.29, 1.82) is 0 Å². The van der Waals surface area contributed by atoms with Crippen molar-refractivity contribution < 1.29 is 27.8 Å². The number of methoxy groups -OCH3 is 1. The number of aromatic nitrogens is 3. The van der Waals surface area contributed by atoms with Crippen LogP contribution >= 0.6 is 0 Å². The number of amides is 1. The lowest BCUT2D eigenvalue weighted by atomic mass is 10.0. The molecular weight excluding hydrogens is 410 g/mol. The third kappa shape index (κ3) is 3.98. The van der Waals surface area contributed by atoms with Crippen molar-refractivity contribution in [3.63, 3.8) is 0 Å². The van der Waals surface area contributed by atoms with Gasteiger partial charge in [0.2, 0.25) is 0 Å². The molecular formula is C21H20F2N4O4. The maximum Gasteiger partial charge on any atom is 0.409 e. The summed E-state index contributed by atoms with van der Waals surface area (Å²) in [7, 11) is 1.30. The summed E-state index contributed by atoms with van der Waals surface area (Å²) in [5.41, 5.74) is 1.30. The molecule has 162 valence electrons. The number of hydrogen-bond acceptors (Lipinski definition) is 6. The van der Waals surface area contributed by atoms with Crippen molar-refractivity contribution in [3.8, 4) is 11.3 Å². The first-order valence-corrected chi connectivity index (χ1v) is 9.64. The molecule has 0 aliphatic carbocycles. The SMILES string of the molecule is COC(=O)N1CCO[C@@H](Cc2c(-c3c(F)cc(C=O)cc3F)nc3cc(C)ncn23)C1. The molecule has 1 aliphatic rings. The summed E-state index contributed by atoms with van der Waals surface area (Å²) in [6.07, 6.45) is 1.24. The minimum atomic E-state index is -0.891. The number of aldehydes is 1. The molecule has 1 atom stereocenters. The Morgan fingerprint density at radius 2 is 2.06 bits per heavy atom. The number of aryl methyl sites for hydroxylation is 1. The first-order valence-electron chi connectivity index (χ1n) is 9.64. The number of hydrogen-bond donors (Lipinski definition) is 0. The zero-order valence-corrected chi connectivity index (χ0v) is 17.0. The molecule has 3 heterocycles. The van der Waals surface area contributed by atoms with E-state index in [0.717, 1.165) is 12.1 Å². The van der Waals surface area contributed by atoms with Gasteiger partial charge in [-0.05, 0) is 19.1 Å². The Kier molecular flexibility index (Phi) is 5.64. The highest BCUT2D eigenvalue weighted by molar-refractivity contribution is 5.78. The van der Waals surface area contributed by atoms with Gasteiger partial charge in [0.25, 0.3) is 0 Å². The van der Waals surface area contributed by atoms with E-state index in [9.17, 15) is 18.4 Å². The van der Waals surface area contributed by atoms with Crippen LogP contribution in [-0.4, -0.2) is 64.6 Å². The average molecular weight is 430 g/mol. The van der Waals surface area contributed by atoms with Crippen molar-refractivity contribution in [1.82, 2.24) is 19.3 Å². The second-order valence-electron chi connectivity index (χ2n) is 7.26. The second-order valence-corrected chi connectivity index (χ2v) is 7.26. The highest BCUT2D eigenvalue weighted by Crippen LogP contribution is 2.31. The van der Waals surface area contributed by atoms with E-state index >= 15 is 0 Å². The van der Waals surface area contributed by atoms with Gasteiger partial charge in [-0.1, -0.05) is 0 Å². The number of benzene rings is 1. The number of carbonyl (C=O) groups excluding carboxylic acids is 2. The zero-order valence-electron chi connectivity index (χ0n) is 17.0. The molecule has 3 aromatic rings. The Morgan fingerprint density at radius 3 is 2.74 bits per heavy atom. The Bertz CT molecular complexity index is 1140. The van der Waals surface area contributed by atoms with Gasteiger partial charge in [-0.2, -0.15) is 0 Å². The predicted molar refractivity (Wildman–Crippen MR) is 106 cm³/mol. The van der Waals surface area contributed by atoms with E-state index in [0.29, 0.717) is 36.5 Å². The molecule has 0 unspecified atom stereocenters. The Labute approximate surface area is 176 Å². The third-order valence-corrected chi connectivity index (χ3v) is 5.18. The van der Waals surface area contributed by atoms with Crippen molar-refractivity contribution in [2.24, 2.45) is 0 Å². The Morgan fingerprint density at radius 1 is 1.32 bits per heavy atom. The zero-order chi connectivity index (χ0) is 22.1. The first kappa shape index (κ1) is 20.9. The molecule has 1 aliphatic heterocycles. The van der Waals surface area contributed by atoms with Crippen LogP contribution in [0.25, 0.3) is 16.9 Å². The van der Waals surface area contributed by atoms with Crippen molar-refractivity contribution in [2.75, 3.05) is 26.8 Å². The topological polar surface area (TPSA) is 86.0 Å². The van der Waals surface area contributed by atoms with Crippen LogP contribution in [0.15, 0.2) is 24.5 Å². The van der Waals surface area contributed by atoms with E-state index in [1.807, 2.05) is 0 Å². The van der Waals surface area contributed by atoms with E-state index in [1.54, 1.807) is 17.4 Å². The molecule has 4 rings (SSSR count). The van der Waals surface area contributed by atoms with Gasteiger partial charge in [0.1, 0.15) is 29.9 Å². The average Bonchev–Trinajstić information content (AvgIpc) is 3.09. The molecule has 8 nitrogen and oxygen atoms in total. The highest BCUT2D eigenvalue weighted by atomic mass is 19.1. The summed E-state index contributed by atoms with van der Waals surface area (Å²) in [5.74, 6) is -1.78. The lowest BCUT2D eigenvalue weighted by molar-refractivity contribution is -0.0241. The summed E-state index contributed by atoms with van der Waals surface area (Å²) in [6.45, 7) is 2.74.